The Kier molecular flexibility index (Phi) is 4.99. The number of likely N-dealkylation sites (N-methyl/N-ethyl adjacent to an activating group) is 1. The first-order valence-electron chi connectivity index (χ1n) is 5.68. The normalized spacial score (nSPS) is 10.5. The van der Waals surface area contributed by atoms with Gasteiger partial charge in [-0.2, -0.15) is 0 Å². The Hall–Kier alpha value is -1.35. The maximum absolute atomic E-state index is 11.9. The molecule has 3 heteroatoms. The van der Waals surface area contributed by atoms with Crippen molar-refractivity contribution in [1.82, 2.24) is 10.6 Å². The van der Waals surface area contributed by atoms with Crippen molar-refractivity contribution < 1.29 is 4.79 Å². The summed E-state index contributed by atoms with van der Waals surface area (Å²) in [5.74, 6) is 0.0155. The minimum Gasteiger partial charge on any atom is -0.350 e. The lowest BCUT2D eigenvalue weighted by atomic mass is 10.0. The number of rotatable bonds is 5. The van der Waals surface area contributed by atoms with Gasteiger partial charge < -0.3 is 10.6 Å². The number of amides is 1. The third-order valence-corrected chi connectivity index (χ3v) is 2.33. The van der Waals surface area contributed by atoms with Gasteiger partial charge in [0, 0.05) is 11.6 Å². The summed E-state index contributed by atoms with van der Waals surface area (Å²) in [6, 6.07) is 7.93. The average Bonchev–Trinajstić information content (AvgIpc) is 2.25. The summed E-state index contributed by atoms with van der Waals surface area (Å²) in [5, 5.41) is 6.01. The monoisotopic (exact) mass is 220 g/mol. The molecule has 0 aromatic heterocycles. The first kappa shape index (κ1) is 12.7. The molecule has 3 nitrogen and oxygen atoms in total. The van der Waals surface area contributed by atoms with Crippen molar-refractivity contribution in [2.24, 2.45) is 0 Å². The van der Waals surface area contributed by atoms with E-state index in [4.69, 9.17) is 0 Å². The van der Waals surface area contributed by atoms with E-state index in [1.807, 2.05) is 45.2 Å². The number of carbonyl (C=O) groups excluding carboxylic acids is 1. The van der Waals surface area contributed by atoms with E-state index < -0.39 is 0 Å². The highest BCUT2D eigenvalue weighted by atomic mass is 16.1. The fourth-order valence-electron chi connectivity index (χ4n) is 1.56. The molecular formula is C13H20N2O. The van der Waals surface area contributed by atoms with Gasteiger partial charge in [0.2, 0.25) is 0 Å². The lowest BCUT2D eigenvalue weighted by Crippen LogP contribution is -2.31. The molecule has 0 heterocycles. The molecule has 1 amide bonds. The Labute approximate surface area is 97.2 Å². The van der Waals surface area contributed by atoms with Gasteiger partial charge in [0.05, 0.1) is 0 Å². The second-order valence-electron chi connectivity index (χ2n) is 4.14. The van der Waals surface area contributed by atoms with Gasteiger partial charge in [0.1, 0.15) is 0 Å². The quantitative estimate of drug-likeness (QED) is 0.791. The molecule has 0 aliphatic rings. The smallest absolute Gasteiger partial charge is 0.251 e. The highest BCUT2D eigenvalue weighted by Gasteiger charge is 2.10. The average molecular weight is 220 g/mol. The summed E-state index contributed by atoms with van der Waals surface area (Å²) >= 11 is 0. The topological polar surface area (TPSA) is 41.1 Å². The van der Waals surface area contributed by atoms with Crippen molar-refractivity contribution in [3.05, 3.63) is 35.4 Å². The van der Waals surface area contributed by atoms with Crippen molar-refractivity contribution in [3.8, 4) is 0 Å². The molecule has 2 N–H and O–H groups in total. The Morgan fingerprint density at radius 1 is 1.31 bits per heavy atom. The first-order valence-corrected chi connectivity index (χ1v) is 5.68. The second-order valence-corrected chi connectivity index (χ2v) is 4.14. The van der Waals surface area contributed by atoms with Crippen LogP contribution in [0, 0.1) is 0 Å². The molecule has 0 spiro atoms. The molecule has 0 atom stereocenters. The lowest BCUT2D eigenvalue weighted by molar-refractivity contribution is 0.0942. The molecule has 0 bridgehead atoms. The molecule has 1 aromatic carbocycles. The molecule has 16 heavy (non-hydrogen) atoms. The zero-order valence-electron chi connectivity index (χ0n) is 10.2. The van der Waals surface area contributed by atoms with Crippen LogP contribution in [0.1, 0.15) is 29.8 Å². The summed E-state index contributed by atoms with van der Waals surface area (Å²) in [5.41, 5.74) is 1.88. The van der Waals surface area contributed by atoms with Crippen LogP contribution in [0.4, 0.5) is 0 Å². The highest BCUT2D eigenvalue weighted by Crippen LogP contribution is 2.09. The minimum absolute atomic E-state index is 0.0155. The van der Waals surface area contributed by atoms with Gasteiger partial charge in [-0.15, -0.1) is 0 Å². The summed E-state index contributed by atoms with van der Waals surface area (Å²) in [6.45, 7) is 4.81. The minimum atomic E-state index is 0.0155. The second kappa shape index (κ2) is 6.28. The SMILES string of the molecule is CNCCc1ccccc1C(=O)NC(C)C. The zero-order valence-corrected chi connectivity index (χ0v) is 10.2. The number of nitrogens with one attached hydrogen (secondary N) is 2. The van der Waals surface area contributed by atoms with Crippen LogP contribution >= 0.6 is 0 Å². The summed E-state index contributed by atoms with van der Waals surface area (Å²) in [7, 11) is 1.91. The number of carbonyl (C=O) groups is 1. The van der Waals surface area contributed by atoms with Crippen LogP contribution in [0.15, 0.2) is 24.3 Å². The van der Waals surface area contributed by atoms with Gasteiger partial charge >= 0.3 is 0 Å². The zero-order chi connectivity index (χ0) is 12.0. The number of hydrogen-bond acceptors (Lipinski definition) is 2. The fraction of sp³-hybridized carbons (Fsp3) is 0.462. The first-order chi connectivity index (χ1) is 7.65. The van der Waals surface area contributed by atoms with E-state index in [1.54, 1.807) is 0 Å². The molecule has 0 saturated heterocycles. The number of benzene rings is 1. The van der Waals surface area contributed by atoms with Crippen molar-refractivity contribution in [1.29, 1.82) is 0 Å². The maximum atomic E-state index is 11.9. The molecule has 0 fully saturated rings. The predicted molar refractivity (Wildman–Crippen MR) is 66.7 cm³/mol. The van der Waals surface area contributed by atoms with Gasteiger partial charge in [-0.1, -0.05) is 18.2 Å². The Balaban J connectivity index is 2.81. The third kappa shape index (κ3) is 3.66. The third-order valence-electron chi connectivity index (χ3n) is 2.33. The van der Waals surface area contributed by atoms with E-state index in [2.05, 4.69) is 10.6 Å². The molecule has 0 radical (unpaired) electrons. The molecule has 0 unspecified atom stereocenters. The van der Waals surface area contributed by atoms with Crippen LogP contribution in [0.5, 0.6) is 0 Å². The summed E-state index contributed by atoms with van der Waals surface area (Å²) in [6.07, 6.45) is 0.873. The van der Waals surface area contributed by atoms with E-state index in [1.165, 1.54) is 0 Å². The molecule has 0 aliphatic carbocycles. The Bertz CT molecular complexity index is 348. The van der Waals surface area contributed by atoms with Crippen LogP contribution in [0.25, 0.3) is 0 Å². The van der Waals surface area contributed by atoms with Crippen molar-refractivity contribution in [3.63, 3.8) is 0 Å². The van der Waals surface area contributed by atoms with E-state index in [0.717, 1.165) is 24.1 Å². The Morgan fingerprint density at radius 2 is 2.00 bits per heavy atom. The van der Waals surface area contributed by atoms with E-state index >= 15 is 0 Å². The maximum Gasteiger partial charge on any atom is 0.251 e. The van der Waals surface area contributed by atoms with Gasteiger partial charge in [0.25, 0.3) is 5.91 Å². The molecular weight excluding hydrogens is 200 g/mol. The van der Waals surface area contributed by atoms with Gasteiger partial charge in [-0.3, -0.25) is 4.79 Å². The fourth-order valence-corrected chi connectivity index (χ4v) is 1.56. The highest BCUT2D eigenvalue weighted by molar-refractivity contribution is 5.95. The van der Waals surface area contributed by atoms with E-state index in [0.29, 0.717) is 0 Å². The predicted octanol–water partition coefficient (Wildman–Crippen LogP) is 1.59. The van der Waals surface area contributed by atoms with E-state index in [-0.39, 0.29) is 11.9 Å². The summed E-state index contributed by atoms with van der Waals surface area (Å²) in [4.78, 5) is 11.9. The molecule has 0 aliphatic heterocycles. The van der Waals surface area contributed by atoms with Crippen LogP contribution < -0.4 is 10.6 Å². The lowest BCUT2D eigenvalue weighted by Gasteiger charge is -2.12. The van der Waals surface area contributed by atoms with E-state index in [9.17, 15) is 4.79 Å². The van der Waals surface area contributed by atoms with Gasteiger partial charge in [0.15, 0.2) is 0 Å². The molecule has 1 rings (SSSR count). The van der Waals surface area contributed by atoms with Crippen LogP contribution in [-0.2, 0) is 6.42 Å². The molecule has 1 aromatic rings. The van der Waals surface area contributed by atoms with Crippen molar-refractivity contribution in [2.75, 3.05) is 13.6 Å². The molecule has 0 saturated carbocycles. The van der Waals surface area contributed by atoms with Crippen LogP contribution in [0.2, 0.25) is 0 Å². The standard InChI is InChI=1S/C13H20N2O/c1-10(2)15-13(16)12-7-5-4-6-11(12)8-9-14-3/h4-7,10,14H,8-9H2,1-3H3,(H,15,16). The number of hydrogen-bond donors (Lipinski definition) is 2. The van der Waals surface area contributed by atoms with Crippen molar-refractivity contribution >= 4 is 5.91 Å². The Morgan fingerprint density at radius 3 is 2.62 bits per heavy atom. The van der Waals surface area contributed by atoms with Crippen LogP contribution in [-0.4, -0.2) is 25.5 Å². The van der Waals surface area contributed by atoms with Crippen LogP contribution in [0.3, 0.4) is 0 Å². The molecule has 88 valence electrons. The van der Waals surface area contributed by atoms with Gasteiger partial charge in [-0.25, -0.2) is 0 Å². The van der Waals surface area contributed by atoms with Crippen molar-refractivity contribution in [2.45, 2.75) is 26.3 Å². The summed E-state index contributed by atoms with van der Waals surface area (Å²) < 4.78 is 0. The largest absolute Gasteiger partial charge is 0.350 e. The van der Waals surface area contributed by atoms with Gasteiger partial charge in [-0.05, 0) is 45.5 Å².